The van der Waals surface area contributed by atoms with Crippen molar-refractivity contribution in [2.75, 3.05) is 13.2 Å². The molecule has 0 aliphatic carbocycles. The second-order valence-electron chi connectivity index (χ2n) is 2.62. The molecule has 0 bridgehead atoms. The van der Waals surface area contributed by atoms with E-state index in [0.29, 0.717) is 6.42 Å². The molecule has 0 spiro atoms. The van der Waals surface area contributed by atoms with Crippen molar-refractivity contribution >= 4 is 35.3 Å². The van der Waals surface area contributed by atoms with E-state index in [4.69, 9.17) is 27.9 Å². The maximum absolute atomic E-state index is 11.2. The van der Waals surface area contributed by atoms with E-state index in [1.807, 2.05) is 0 Å². The van der Waals surface area contributed by atoms with Crippen LogP contribution in [0.2, 0.25) is 0 Å². The molecule has 84 valence electrons. The van der Waals surface area contributed by atoms with E-state index in [0.717, 1.165) is 0 Å². The summed E-state index contributed by atoms with van der Waals surface area (Å²) in [4.78, 5) is 21.7. The van der Waals surface area contributed by atoms with Crippen LogP contribution in [0.1, 0.15) is 6.42 Å². The Morgan fingerprint density at radius 1 is 1.60 bits per heavy atom. The summed E-state index contributed by atoms with van der Waals surface area (Å²) in [5, 5.41) is 0. The van der Waals surface area contributed by atoms with Crippen LogP contribution in [-0.2, 0) is 19.0 Å². The second-order valence-corrected chi connectivity index (χ2v) is 3.63. The van der Waals surface area contributed by atoms with E-state index in [1.165, 1.54) is 6.08 Å². The minimum absolute atomic E-state index is 0.107. The van der Waals surface area contributed by atoms with Gasteiger partial charge in [-0.2, -0.15) is 0 Å². The molecule has 7 heteroatoms. The number of hydrogen-bond acceptors (Lipinski definition) is 5. The van der Waals surface area contributed by atoms with Gasteiger partial charge >= 0.3 is 12.1 Å². The summed E-state index contributed by atoms with van der Waals surface area (Å²) in [6.07, 6.45) is 0.0666. The molecule has 0 N–H and O–H groups in total. The molecule has 1 rings (SSSR count). The lowest BCUT2D eigenvalue weighted by Gasteiger charge is -2.05. The zero-order valence-electron chi connectivity index (χ0n) is 7.57. The molecule has 0 amide bonds. The number of esters is 1. The van der Waals surface area contributed by atoms with Crippen molar-refractivity contribution < 1.29 is 23.8 Å². The van der Waals surface area contributed by atoms with E-state index in [1.54, 1.807) is 0 Å². The van der Waals surface area contributed by atoms with Crippen molar-refractivity contribution in [2.45, 2.75) is 12.5 Å². The topological polar surface area (TPSA) is 61.8 Å². The summed E-state index contributed by atoms with van der Waals surface area (Å²) < 4.78 is 13.8. The highest BCUT2D eigenvalue weighted by atomic mass is 35.5. The van der Waals surface area contributed by atoms with Gasteiger partial charge in [0.25, 0.3) is 0 Å². The van der Waals surface area contributed by atoms with Crippen LogP contribution in [0.5, 0.6) is 0 Å². The molecule has 0 radical (unpaired) electrons. The predicted molar refractivity (Wildman–Crippen MR) is 51.6 cm³/mol. The standard InChI is InChI=1S/C8H8Cl2O5/c9-6(10)2-1-3-13-7(11)5-4-14-8(12)15-5/h2,5H,1,3-4H2. The number of carbonyl (C=O) groups excluding carboxylic acids is 2. The first-order valence-corrected chi connectivity index (χ1v) is 4.86. The third-order valence-corrected chi connectivity index (χ3v) is 1.82. The van der Waals surface area contributed by atoms with Crippen LogP contribution in [0.4, 0.5) is 4.79 Å². The van der Waals surface area contributed by atoms with E-state index in [2.05, 4.69) is 9.47 Å². The molecule has 0 saturated carbocycles. The van der Waals surface area contributed by atoms with Gasteiger partial charge in [-0.05, 0) is 0 Å². The van der Waals surface area contributed by atoms with Crippen LogP contribution in [-0.4, -0.2) is 31.4 Å². The van der Waals surface area contributed by atoms with Crippen molar-refractivity contribution in [3.05, 3.63) is 10.6 Å². The van der Waals surface area contributed by atoms with Crippen molar-refractivity contribution in [1.82, 2.24) is 0 Å². The molecule has 1 unspecified atom stereocenters. The highest BCUT2D eigenvalue weighted by molar-refractivity contribution is 6.55. The fourth-order valence-corrected chi connectivity index (χ4v) is 1.08. The van der Waals surface area contributed by atoms with Gasteiger partial charge in [0, 0.05) is 6.42 Å². The van der Waals surface area contributed by atoms with Crippen molar-refractivity contribution in [3.8, 4) is 0 Å². The summed E-state index contributed by atoms with van der Waals surface area (Å²) in [5.41, 5.74) is 0. The van der Waals surface area contributed by atoms with Gasteiger partial charge in [-0.15, -0.1) is 0 Å². The smallest absolute Gasteiger partial charge is 0.463 e. The Bertz CT molecular complexity index is 285. The van der Waals surface area contributed by atoms with Gasteiger partial charge in [-0.1, -0.05) is 29.3 Å². The molecule has 1 aliphatic rings. The molecule has 1 atom stereocenters. The summed E-state index contributed by atoms with van der Waals surface area (Å²) in [7, 11) is 0. The number of rotatable bonds is 4. The van der Waals surface area contributed by atoms with Crippen LogP contribution in [0.25, 0.3) is 0 Å². The predicted octanol–water partition coefficient (Wildman–Crippen LogP) is 1.77. The number of carbonyl (C=O) groups is 2. The first-order valence-electron chi connectivity index (χ1n) is 4.11. The fraction of sp³-hybridized carbons (Fsp3) is 0.500. The van der Waals surface area contributed by atoms with Gasteiger partial charge in [-0.3, -0.25) is 0 Å². The maximum atomic E-state index is 11.2. The Morgan fingerprint density at radius 3 is 2.87 bits per heavy atom. The molecule has 1 heterocycles. The third kappa shape index (κ3) is 4.40. The normalized spacial score (nSPS) is 19.1. The lowest BCUT2D eigenvalue weighted by molar-refractivity contribution is -0.151. The van der Waals surface area contributed by atoms with Crippen LogP contribution in [0, 0.1) is 0 Å². The molecule has 1 aliphatic heterocycles. The zero-order chi connectivity index (χ0) is 11.3. The summed E-state index contributed by atoms with van der Waals surface area (Å²) in [5.74, 6) is -0.639. The van der Waals surface area contributed by atoms with Crippen molar-refractivity contribution in [1.29, 1.82) is 0 Å². The minimum Gasteiger partial charge on any atom is -0.463 e. The van der Waals surface area contributed by atoms with E-state index in [9.17, 15) is 9.59 Å². The minimum atomic E-state index is -0.965. The van der Waals surface area contributed by atoms with Crippen LogP contribution in [0.15, 0.2) is 10.6 Å². The zero-order valence-corrected chi connectivity index (χ0v) is 9.09. The number of halogens is 2. The van der Waals surface area contributed by atoms with Gasteiger partial charge in [0.2, 0.25) is 6.10 Å². The molecular formula is C8H8Cl2O5. The third-order valence-electron chi connectivity index (χ3n) is 1.51. The number of cyclic esters (lactones) is 2. The van der Waals surface area contributed by atoms with Gasteiger partial charge < -0.3 is 14.2 Å². The Kier molecular flexibility index (Phi) is 4.71. The number of hydrogen-bond donors (Lipinski definition) is 0. The Morgan fingerprint density at radius 2 is 2.33 bits per heavy atom. The van der Waals surface area contributed by atoms with Gasteiger partial charge in [0.05, 0.1) is 6.61 Å². The summed E-state index contributed by atoms with van der Waals surface area (Å²) in [6, 6.07) is 0. The quantitative estimate of drug-likeness (QED) is 0.566. The van der Waals surface area contributed by atoms with E-state index < -0.39 is 18.2 Å². The Hall–Kier alpha value is -0.940. The largest absolute Gasteiger partial charge is 0.509 e. The average molecular weight is 255 g/mol. The second kappa shape index (κ2) is 5.82. The van der Waals surface area contributed by atoms with Crippen LogP contribution >= 0.6 is 23.2 Å². The van der Waals surface area contributed by atoms with Gasteiger partial charge in [0.1, 0.15) is 11.1 Å². The molecule has 0 aromatic carbocycles. The van der Waals surface area contributed by atoms with E-state index in [-0.39, 0.29) is 17.7 Å². The van der Waals surface area contributed by atoms with Gasteiger partial charge in [-0.25, -0.2) is 9.59 Å². The molecule has 1 saturated heterocycles. The molecule has 0 aromatic rings. The van der Waals surface area contributed by atoms with Gasteiger partial charge in [0.15, 0.2) is 0 Å². The molecule has 1 fully saturated rings. The summed E-state index contributed by atoms with van der Waals surface area (Å²) in [6.45, 7) is 0.0135. The lowest BCUT2D eigenvalue weighted by atomic mass is 10.4. The van der Waals surface area contributed by atoms with Crippen LogP contribution < -0.4 is 0 Å². The first-order chi connectivity index (χ1) is 7.09. The monoisotopic (exact) mass is 254 g/mol. The maximum Gasteiger partial charge on any atom is 0.509 e. The van der Waals surface area contributed by atoms with Crippen molar-refractivity contribution in [2.24, 2.45) is 0 Å². The Balaban J connectivity index is 2.19. The van der Waals surface area contributed by atoms with E-state index >= 15 is 0 Å². The van der Waals surface area contributed by atoms with Crippen molar-refractivity contribution in [3.63, 3.8) is 0 Å². The first kappa shape index (κ1) is 12.1. The molecule has 0 aromatic heterocycles. The SMILES string of the molecule is O=C1OCC(C(=O)OCCC=C(Cl)Cl)O1. The number of ether oxygens (including phenoxy) is 3. The fourth-order valence-electron chi connectivity index (χ4n) is 0.865. The highest BCUT2D eigenvalue weighted by Crippen LogP contribution is 2.09. The summed E-state index contributed by atoms with van der Waals surface area (Å²) >= 11 is 10.7. The average Bonchev–Trinajstić information content (AvgIpc) is 2.59. The lowest BCUT2D eigenvalue weighted by Crippen LogP contribution is -2.25. The molecular weight excluding hydrogens is 247 g/mol. The molecule has 15 heavy (non-hydrogen) atoms. The highest BCUT2D eigenvalue weighted by Gasteiger charge is 2.32. The Labute approximate surface area is 95.9 Å². The molecule has 5 nitrogen and oxygen atoms in total. The van der Waals surface area contributed by atoms with Crippen LogP contribution in [0.3, 0.4) is 0 Å².